The number of amides is 2. The first-order valence-corrected chi connectivity index (χ1v) is 15.0. The third-order valence-electron chi connectivity index (χ3n) is 6.61. The molecule has 39 heavy (non-hydrogen) atoms. The molecule has 0 heterocycles. The summed E-state index contributed by atoms with van der Waals surface area (Å²) in [7, 11) is -4.21. The predicted octanol–water partition coefficient (Wildman–Crippen LogP) is 5.64. The summed E-state index contributed by atoms with van der Waals surface area (Å²) in [4.78, 5) is 28.0. The van der Waals surface area contributed by atoms with Crippen molar-refractivity contribution in [2.75, 3.05) is 17.1 Å². The van der Waals surface area contributed by atoms with E-state index in [1.54, 1.807) is 24.3 Å². The summed E-state index contributed by atoms with van der Waals surface area (Å²) in [5.41, 5.74) is -0.990. The van der Waals surface area contributed by atoms with Gasteiger partial charge < -0.3 is 10.2 Å². The van der Waals surface area contributed by atoms with E-state index in [1.165, 1.54) is 11.8 Å². The Hall–Kier alpha value is -2.50. The average Bonchev–Trinajstić information content (AvgIpc) is 2.86. The maximum atomic E-state index is 13.6. The van der Waals surface area contributed by atoms with Gasteiger partial charge in [0.2, 0.25) is 21.8 Å². The van der Waals surface area contributed by atoms with Crippen molar-refractivity contribution in [3.63, 3.8) is 0 Å². The molecule has 3 rings (SSSR count). The molecule has 0 bridgehead atoms. The summed E-state index contributed by atoms with van der Waals surface area (Å²) in [5.74, 6) is -1.17. The smallest absolute Gasteiger partial charge is 0.352 e. The van der Waals surface area contributed by atoms with Crippen LogP contribution < -0.4 is 9.62 Å². The lowest BCUT2D eigenvalue weighted by Gasteiger charge is -2.33. The third-order valence-corrected chi connectivity index (χ3v) is 8.33. The first-order chi connectivity index (χ1) is 18.2. The van der Waals surface area contributed by atoms with Crippen LogP contribution >= 0.6 is 23.2 Å². The molecule has 1 atom stereocenters. The molecule has 1 saturated carbocycles. The Labute approximate surface area is 236 Å². The summed E-state index contributed by atoms with van der Waals surface area (Å²) >= 11 is 11.7. The number of benzene rings is 2. The average molecular weight is 609 g/mol. The first kappa shape index (κ1) is 31.0. The van der Waals surface area contributed by atoms with Crippen LogP contribution in [0.1, 0.15) is 50.2 Å². The zero-order chi connectivity index (χ0) is 29.0. The highest BCUT2D eigenvalue weighted by atomic mass is 35.5. The van der Waals surface area contributed by atoms with Gasteiger partial charge in [-0.05, 0) is 55.7 Å². The third kappa shape index (κ3) is 8.49. The van der Waals surface area contributed by atoms with E-state index in [1.807, 2.05) is 0 Å². The molecule has 13 heteroatoms. The molecule has 7 nitrogen and oxygen atoms in total. The minimum atomic E-state index is -4.84. The Morgan fingerprint density at radius 2 is 1.67 bits per heavy atom. The first-order valence-electron chi connectivity index (χ1n) is 12.4. The summed E-state index contributed by atoms with van der Waals surface area (Å²) < 4.78 is 66.2. The Morgan fingerprint density at radius 3 is 2.23 bits per heavy atom. The van der Waals surface area contributed by atoms with Crippen molar-refractivity contribution >= 4 is 50.7 Å². The zero-order valence-corrected chi connectivity index (χ0v) is 23.8. The van der Waals surface area contributed by atoms with Gasteiger partial charge in [0.15, 0.2) is 0 Å². The number of nitrogens with one attached hydrogen (secondary N) is 1. The SMILES string of the molecule is C[C@@H](C(=O)NC1CCCCC1)N(Cc1ccc(Cl)cc1)C(=O)CN(c1ccc(Cl)c(C(F)(F)F)c1)S(C)(=O)=O. The predicted molar refractivity (Wildman–Crippen MR) is 145 cm³/mol. The van der Waals surface area contributed by atoms with E-state index in [4.69, 9.17) is 23.2 Å². The molecular weight excluding hydrogens is 578 g/mol. The van der Waals surface area contributed by atoms with Crippen LogP contribution in [0.15, 0.2) is 42.5 Å². The van der Waals surface area contributed by atoms with E-state index in [9.17, 15) is 31.2 Å². The van der Waals surface area contributed by atoms with Crippen LogP contribution in [0.3, 0.4) is 0 Å². The molecule has 214 valence electrons. The molecule has 1 N–H and O–H groups in total. The van der Waals surface area contributed by atoms with E-state index in [0.717, 1.165) is 50.5 Å². The van der Waals surface area contributed by atoms with Crippen molar-refractivity contribution in [3.8, 4) is 0 Å². The minimum absolute atomic E-state index is 0.0245. The second-order valence-electron chi connectivity index (χ2n) is 9.60. The highest BCUT2D eigenvalue weighted by Crippen LogP contribution is 2.37. The Kier molecular flexibility index (Phi) is 10.2. The van der Waals surface area contributed by atoms with Crippen LogP contribution in [0.25, 0.3) is 0 Å². The number of nitrogens with zero attached hydrogens (tertiary/aromatic N) is 2. The summed E-state index contributed by atoms with van der Waals surface area (Å²) in [5, 5.41) is 2.83. The van der Waals surface area contributed by atoms with Crippen LogP contribution in [0.4, 0.5) is 18.9 Å². The number of sulfonamides is 1. The Bertz CT molecular complexity index is 1280. The molecule has 1 fully saturated rings. The molecule has 0 spiro atoms. The summed E-state index contributed by atoms with van der Waals surface area (Å²) in [6.07, 6.45) is 0.643. The lowest BCUT2D eigenvalue weighted by molar-refractivity contribution is -0.139. The van der Waals surface area contributed by atoms with Gasteiger partial charge in [0.25, 0.3) is 0 Å². The van der Waals surface area contributed by atoms with Crippen LogP contribution in [0, 0.1) is 0 Å². The molecule has 1 aliphatic rings. The van der Waals surface area contributed by atoms with E-state index in [2.05, 4.69) is 5.32 Å². The Morgan fingerprint density at radius 1 is 1.05 bits per heavy atom. The van der Waals surface area contributed by atoms with Gasteiger partial charge in [-0.25, -0.2) is 8.42 Å². The van der Waals surface area contributed by atoms with Crippen molar-refractivity contribution in [2.24, 2.45) is 0 Å². The van der Waals surface area contributed by atoms with Gasteiger partial charge in [-0.3, -0.25) is 13.9 Å². The fourth-order valence-electron chi connectivity index (χ4n) is 4.44. The van der Waals surface area contributed by atoms with Crippen molar-refractivity contribution in [1.82, 2.24) is 10.2 Å². The quantitative estimate of drug-likeness (QED) is 0.399. The Balaban J connectivity index is 1.92. The highest BCUT2D eigenvalue weighted by molar-refractivity contribution is 7.92. The molecule has 2 aromatic carbocycles. The fourth-order valence-corrected chi connectivity index (χ4v) is 5.63. The molecular formula is C26H30Cl2F3N3O4S. The van der Waals surface area contributed by atoms with Gasteiger partial charge >= 0.3 is 6.18 Å². The molecule has 0 unspecified atom stereocenters. The molecule has 1 aliphatic carbocycles. The van der Waals surface area contributed by atoms with Gasteiger partial charge in [0.1, 0.15) is 12.6 Å². The molecule has 0 aliphatic heterocycles. The highest BCUT2D eigenvalue weighted by Gasteiger charge is 2.36. The van der Waals surface area contributed by atoms with Crippen molar-refractivity contribution in [2.45, 2.75) is 63.8 Å². The van der Waals surface area contributed by atoms with E-state index >= 15 is 0 Å². The largest absolute Gasteiger partial charge is 0.417 e. The van der Waals surface area contributed by atoms with Crippen molar-refractivity contribution in [1.29, 1.82) is 0 Å². The molecule has 0 radical (unpaired) electrons. The second kappa shape index (κ2) is 12.8. The maximum absolute atomic E-state index is 13.6. The number of carbonyl (C=O) groups excluding carboxylic acids is 2. The van der Waals surface area contributed by atoms with Crippen molar-refractivity contribution in [3.05, 3.63) is 63.6 Å². The molecule has 2 amide bonds. The van der Waals surface area contributed by atoms with E-state index in [-0.39, 0.29) is 18.3 Å². The summed E-state index contributed by atoms with van der Waals surface area (Å²) in [6, 6.07) is 8.14. The summed E-state index contributed by atoms with van der Waals surface area (Å²) in [6.45, 7) is 0.647. The lowest BCUT2D eigenvalue weighted by Crippen LogP contribution is -2.53. The number of hydrogen-bond donors (Lipinski definition) is 1. The molecule has 2 aromatic rings. The number of anilines is 1. The van der Waals surface area contributed by atoms with Crippen molar-refractivity contribution < 1.29 is 31.2 Å². The normalized spacial score (nSPS) is 15.5. The molecule has 0 aromatic heterocycles. The van der Waals surface area contributed by atoms with E-state index < -0.39 is 51.2 Å². The minimum Gasteiger partial charge on any atom is -0.352 e. The topological polar surface area (TPSA) is 86.8 Å². The van der Waals surface area contributed by atoms with Gasteiger partial charge in [-0.2, -0.15) is 13.2 Å². The second-order valence-corrected chi connectivity index (χ2v) is 12.3. The number of alkyl halides is 3. The monoisotopic (exact) mass is 607 g/mol. The number of halogens is 5. The van der Waals surface area contributed by atoms with Gasteiger partial charge in [0.05, 0.1) is 22.5 Å². The van der Waals surface area contributed by atoms with Crippen LogP contribution in [0.2, 0.25) is 10.0 Å². The van der Waals surface area contributed by atoms with Crippen LogP contribution in [-0.2, 0) is 32.3 Å². The maximum Gasteiger partial charge on any atom is 0.417 e. The fraction of sp³-hybridized carbons (Fsp3) is 0.462. The lowest BCUT2D eigenvalue weighted by atomic mass is 9.95. The molecule has 0 saturated heterocycles. The van der Waals surface area contributed by atoms with Gasteiger partial charge in [0, 0.05) is 17.6 Å². The van der Waals surface area contributed by atoms with Gasteiger partial charge in [-0.1, -0.05) is 54.6 Å². The van der Waals surface area contributed by atoms with Crippen LogP contribution in [0.5, 0.6) is 0 Å². The number of carbonyl (C=O) groups is 2. The standard InChI is InChI=1S/C26H30Cl2F3N3O4S/c1-17(25(36)32-20-6-4-3-5-7-20)33(15-18-8-10-19(27)11-9-18)24(35)16-34(39(2,37)38)21-12-13-23(28)22(14-21)26(29,30)31/h8-14,17,20H,3-7,15-16H2,1-2H3,(H,32,36)/t17-/m0/s1. The van der Waals surface area contributed by atoms with E-state index in [0.29, 0.717) is 21.0 Å². The van der Waals surface area contributed by atoms with Gasteiger partial charge in [-0.15, -0.1) is 0 Å². The van der Waals surface area contributed by atoms with Crippen LogP contribution in [-0.4, -0.2) is 50.0 Å². The number of hydrogen-bond acceptors (Lipinski definition) is 4. The zero-order valence-electron chi connectivity index (χ0n) is 21.5. The number of rotatable bonds is 9.